The summed E-state index contributed by atoms with van der Waals surface area (Å²) >= 11 is 7.58. The summed E-state index contributed by atoms with van der Waals surface area (Å²) in [6.07, 6.45) is 0.106. The molecule has 1 atom stereocenters. The number of aryl methyl sites for hydroxylation is 1. The first-order chi connectivity index (χ1) is 9.04. The molecule has 0 spiro atoms. The van der Waals surface area contributed by atoms with Crippen LogP contribution in [0.3, 0.4) is 0 Å². The normalized spacial score (nSPS) is 12.7. The number of hydrogen-bond acceptors (Lipinski definition) is 3. The molecular formula is C13H13ClF2N2S. The summed E-state index contributed by atoms with van der Waals surface area (Å²) < 4.78 is 27.3. The van der Waals surface area contributed by atoms with Crippen molar-refractivity contribution in [1.29, 1.82) is 0 Å². The van der Waals surface area contributed by atoms with Gasteiger partial charge in [-0.25, -0.2) is 8.78 Å². The van der Waals surface area contributed by atoms with Crippen molar-refractivity contribution in [3.8, 4) is 0 Å². The van der Waals surface area contributed by atoms with E-state index < -0.39 is 17.7 Å². The van der Waals surface area contributed by atoms with Crippen molar-refractivity contribution in [2.45, 2.75) is 19.4 Å². The van der Waals surface area contributed by atoms with Crippen molar-refractivity contribution in [3.63, 3.8) is 0 Å². The van der Waals surface area contributed by atoms with Crippen LogP contribution in [0.1, 0.15) is 22.0 Å². The number of hydrazine groups is 1. The standard InChI is InChI=1S/C13H13ClF2N2S/c1-7-6-19-13(12(7)14)11(18-17)5-8-9(15)3-2-4-10(8)16/h2-4,6,11,18H,5,17H2,1H3. The summed E-state index contributed by atoms with van der Waals surface area (Å²) in [5, 5.41) is 2.48. The van der Waals surface area contributed by atoms with E-state index in [-0.39, 0.29) is 12.0 Å². The summed E-state index contributed by atoms with van der Waals surface area (Å²) in [4.78, 5) is 0.782. The summed E-state index contributed by atoms with van der Waals surface area (Å²) in [5.74, 6) is 4.33. The lowest BCUT2D eigenvalue weighted by Gasteiger charge is -2.16. The van der Waals surface area contributed by atoms with E-state index in [2.05, 4.69) is 5.43 Å². The fourth-order valence-corrected chi connectivity index (χ4v) is 3.23. The van der Waals surface area contributed by atoms with Crippen LogP contribution in [-0.4, -0.2) is 0 Å². The Morgan fingerprint density at radius 3 is 2.47 bits per heavy atom. The highest BCUT2D eigenvalue weighted by Gasteiger charge is 2.20. The van der Waals surface area contributed by atoms with E-state index in [0.29, 0.717) is 5.02 Å². The van der Waals surface area contributed by atoms with Gasteiger partial charge in [0.05, 0.1) is 11.1 Å². The molecule has 3 N–H and O–H groups in total. The maximum absolute atomic E-state index is 13.6. The van der Waals surface area contributed by atoms with Crippen molar-refractivity contribution in [3.05, 3.63) is 56.2 Å². The highest BCUT2D eigenvalue weighted by atomic mass is 35.5. The van der Waals surface area contributed by atoms with E-state index in [1.54, 1.807) is 0 Å². The molecule has 2 rings (SSSR count). The van der Waals surface area contributed by atoms with Crippen molar-refractivity contribution >= 4 is 22.9 Å². The number of rotatable bonds is 4. The van der Waals surface area contributed by atoms with Crippen LogP contribution < -0.4 is 11.3 Å². The van der Waals surface area contributed by atoms with Crippen LogP contribution in [-0.2, 0) is 6.42 Å². The molecular weight excluding hydrogens is 290 g/mol. The molecule has 0 aliphatic rings. The van der Waals surface area contributed by atoms with E-state index in [9.17, 15) is 8.78 Å². The number of halogens is 3. The van der Waals surface area contributed by atoms with Gasteiger partial charge in [-0.3, -0.25) is 11.3 Å². The average molecular weight is 303 g/mol. The number of nitrogens with one attached hydrogen (secondary N) is 1. The SMILES string of the molecule is Cc1csc(C(Cc2c(F)cccc2F)NN)c1Cl. The van der Waals surface area contributed by atoms with Crippen LogP contribution in [0.5, 0.6) is 0 Å². The molecule has 0 radical (unpaired) electrons. The van der Waals surface area contributed by atoms with Gasteiger partial charge in [-0.15, -0.1) is 11.3 Å². The Labute approximate surface area is 119 Å². The van der Waals surface area contributed by atoms with Crippen LogP contribution in [0.15, 0.2) is 23.6 Å². The molecule has 2 aromatic rings. The minimum Gasteiger partial charge on any atom is -0.271 e. The third-order valence-corrected chi connectivity index (χ3v) is 4.74. The zero-order valence-electron chi connectivity index (χ0n) is 10.2. The molecule has 19 heavy (non-hydrogen) atoms. The average Bonchev–Trinajstić information content (AvgIpc) is 2.71. The Kier molecular flexibility index (Phi) is 4.52. The van der Waals surface area contributed by atoms with E-state index in [1.807, 2.05) is 12.3 Å². The first-order valence-electron chi connectivity index (χ1n) is 5.67. The minimum absolute atomic E-state index is 0.00701. The van der Waals surface area contributed by atoms with Crippen molar-refractivity contribution in [2.75, 3.05) is 0 Å². The van der Waals surface area contributed by atoms with Crippen molar-refractivity contribution < 1.29 is 8.78 Å². The molecule has 1 aromatic heterocycles. The van der Waals surface area contributed by atoms with E-state index >= 15 is 0 Å². The first kappa shape index (κ1) is 14.4. The van der Waals surface area contributed by atoms with Crippen molar-refractivity contribution in [1.82, 2.24) is 5.43 Å². The molecule has 0 fully saturated rings. The smallest absolute Gasteiger partial charge is 0.129 e. The second-order valence-electron chi connectivity index (χ2n) is 4.22. The van der Waals surface area contributed by atoms with Gasteiger partial charge in [0.25, 0.3) is 0 Å². The minimum atomic E-state index is -0.579. The van der Waals surface area contributed by atoms with E-state index in [1.165, 1.54) is 29.5 Å². The number of nitrogens with two attached hydrogens (primary N) is 1. The summed E-state index contributed by atoms with van der Waals surface area (Å²) in [6.45, 7) is 1.87. The van der Waals surface area contributed by atoms with Crippen LogP contribution in [0.25, 0.3) is 0 Å². The fraction of sp³-hybridized carbons (Fsp3) is 0.231. The summed E-state index contributed by atoms with van der Waals surface area (Å²) in [5.41, 5.74) is 3.50. The monoisotopic (exact) mass is 302 g/mol. The molecule has 1 heterocycles. The zero-order chi connectivity index (χ0) is 14.0. The van der Waals surface area contributed by atoms with Gasteiger partial charge in [-0.1, -0.05) is 17.7 Å². The molecule has 0 amide bonds. The Balaban J connectivity index is 2.32. The second kappa shape index (κ2) is 5.96. The predicted molar refractivity (Wildman–Crippen MR) is 74.2 cm³/mol. The van der Waals surface area contributed by atoms with Crippen molar-refractivity contribution in [2.24, 2.45) is 5.84 Å². The van der Waals surface area contributed by atoms with Gasteiger partial charge >= 0.3 is 0 Å². The third-order valence-electron chi connectivity index (χ3n) is 2.91. The van der Waals surface area contributed by atoms with E-state index in [0.717, 1.165) is 10.4 Å². The van der Waals surface area contributed by atoms with Crippen LogP contribution in [0.4, 0.5) is 8.78 Å². The topological polar surface area (TPSA) is 38.0 Å². The van der Waals surface area contributed by atoms with Gasteiger partial charge in [0.15, 0.2) is 0 Å². The van der Waals surface area contributed by atoms with Crippen LogP contribution in [0.2, 0.25) is 5.02 Å². The van der Waals surface area contributed by atoms with Gasteiger partial charge in [0.1, 0.15) is 11.6 Å². The van der Waals surface area contributed by atoms with Gasteiger partial charge in [0, 0.05) is 10.4 Å². The lowest BCUT2D eigenvalue weighted by atomic mass is 10.0. The molecule has 1 unspecified atom stereocenters. The Morgan fingerprint density at radius 1 is 1.37 bits per heavy atom. The van der Waals surface area contributed by atoms with Crippen LogP contribution >= 0.6 is 22.9 Å². The second-order valence-corrected chi connectivity index (χ2v) is 5.51. The van der Waals surface area contributed by atoms with E-state index in [4.69, 9.17) is 17.4 Å². The molecule has 0 saturated carbocycles. The summed E-state index contributed by atoms with van der Waals surface area (Å²) in [7, 11) is 0. The Morgan fingerprint density at radius 2 is 2.00 bits per heavy atom. The lowest BCUT2D eigenvalue weighted by molar-refractivity contribution is 0.504. The molecule has 2 nitrogen and oxygen atoms in total. The lowest BCUT2D eigenvalue weighted by Crippen LogP contribution is -2.29. The Hall–Kier alpha value is -1.01. The Bertz CT molecular complexity index is 566. The maximum Gasteiger partial charge on any atom is 0.129 e. The quantitative estimate of drug-likeness (QED) is 0.667. The summed E-state index contributed by atoms with van der Waals surface area (Å²) in [6, 6.07) is 3.37. The highest BCUT2D eigenvalue weighted by molar-refractivity contribution is 7.10. The molecule has 0 aliphatic heterocycles. The molecule has 6 heteroatoms. The molecule has 0 aliphatic carbocycles. The number of hydrogen-bond donors (Lipinski definition) is 2. The number of benzene rings is 1. The predicted octanol–water partition coefficient (Wildman–Crippen LogP) is 3.74. The third kappa shape index (κ3) is 2.95. The maximum atomic E-state index is 13.6. The highest BCUT2D eigenvalue weighted by Crippen LogP contribution is 2.34. The van der Waals surface area contributed by atoms with Gasteiger partial charge in [-0.2, -0.15) is 0 Å². The molecule has 0 saturated heterocycles. The molecule has 1 aromatic carbocycles. The van der Waals surface area contributed by atoms with Gasteiger partial charge in [-0.05, 0) is 36.4 Å². The number of thiophene rings is 1. The molecule has 0 bridgehead atoms. The largest absolute Gasteiger partial charge is 0.271 e. The van der Waals surface area contributed by atoms with Gasteiger partial charge < -0.3 is 0 Å². The zero-order valence-corrected chi connectivity index (χ0v) is 11.8. The molecule has 102 valence electrons. The first-order valence-corrected chi connectivity index (χ1v) is 6.92. The van der Waals surface area contributed by atoms with Crippen LogP contribution in [0, 0.1) is 18.6 Å². The fourth-order valence-electron chi connectivity index (χ4n) is 1.84. The van der Waals surface area contributed by atoms with Gasteiger partial charge in [0.2, 0.25) is 0 Å².